The van der Waals surface area contributed by atoms with Crippen molar-refractivity contribution in [2.24, 2.45) is 0 Å². The van der Waals surface area contributed by atoms with Gasteiger partial charge in [0.25, 0.3) is 11.8 Å². The first kappa shape index (κ1) is 33.6. The molecule has 5 aromatic carbocycles. The highest BCUT2D eigenvalue weighted by molar-refractivity contribution is 8.00. The topological polar surface area (TPSA) is 87.7 Å². The molecule has 0 aromatic heterocycles. The number of para-hydroxylation sites is 3. The monoisotopic (exact) mass is 685 g/mol. The number of benzene rings is 5. The number of ether oxygens (including phenoxy) is 1. The van der Waals surface area contributed by atoms with Crippen LogP contribution in [0.15, 0.2) is 148 Å². The minimum atomic E-state index is -0.488. The lowest BCUT2D eigenvalue weighted by Gasteiger charge is -2.33. The number of hydrogen-bond donors (Lipinski definition) is 2. The summed E-state index contributed by atoms with van der Waals surface area (Å²) in [6.07, 6.45) is 2.24. The molecule has 0 aliphatic carbocycles. The fraction of sp³-hybridized carbons (Fsp3) is 0.125. The van der Waals surface area contributed by atoms with Gasteiger partial charge in [-0.2, -0.15) is 0 Å². The van der Waals surface area contributed by atoms with E-state index in [1.54, 1.807) is 54.2 Å². The Morgan fingerprint density at radius 2 is 1.39 bits per heavy atom. The highest BCUT2D eigenvalue weighted by atomic mass is 32.2. The van der Waals surface area contributed by atoms with Gasteiger partial charge in [-0.25, -0.2) is 0 Å². The average molecular weight is 686 g/mol. The van der Waals surface area contributed by atoms with Crippen LogP contribution < -0.4 is 20.3 Å². The van der Waals surface area contributed by atoms with Gasteiger partial charge in [0.1, 0.15) is 11.4 Å². The van der Waals surface area contributed by atoms with Crippen molar-refractivity contribution in [1.82, 2.24) is 5.32 Å². The van der Waals surface area contributed by atoms with E-state index in [0.29, 0.717) is 35.6 Å². The first-order valence-corrected chi connectivity index (χ1v) is 17.7. The SMILES string of the molecule is CCOc1ccccc1/C=C(\NC(=O)c1ccccc1)C(=O)Nc1ccc(SC(CC)C(=O)N2c3ccccc3Sc3ccccc32)cc1. The minimum absolute atomic E-state index is 0.0151. The number of fused-ring (bicyclic) bond motifs is 2. The number of amides is 3. The van der Waals surface area contributed by atoms with Crippen LogP contribution in [-0.2, 0) is 9.59 Å². The molecule has 0 bridgehead atoms. The summed E-state index contributed by atoms with van der Waals surface area (Å²) in [7, 11) is 0. The van der Waals surface area contributed by atoms with E-state index in [-0.39, 0.29) is 16.9 Å². The van der Waals surface area contributed by atoms with Gasteiger partial charge in [-0.15, -0.1) is 11.8 Å². The summed E-state index contributed by atoms with van der Waals surface area (Å²) < 4.78 is 5.75. The van der Waals surface area contributed by atoms with Crippen LogP contribution in [0.1, 0.15) is 36.2 Å². The molecule has 5 aromatic rings. The zero-order valence-corrected chi connectivity index (χ0v) is 28.7. The quantitative estimate of drug-likeness (QED) is 0.107. The molecule has 3 amide bonds. The predicted molar refractivity (Wildman–Crippen MR) is 199 cm³/mol. The van der Waals surface area contributed by atoms with E-state index in [1.165, 1.54) is 11.8 Å². The number of nitrogens with zero attached hydrogens (tertiary/aromatic N) is 1. The van der Waals surface area contributed by atoms with Crippen LogP contribution in [0.4, 0.5) is 17.1 Å². The first-order chi connectivity index (χ1) is 23.9. The molecule has 0 fully saturated rings. The van der Waals surface area contributed by atoms with E-state index in [9.17, 15) is 14.4 Å². The summed E-state index contributed by atoms with van der Waals surface area (Å²) in [6, 6.07) is 39.4. The van der Waals surface area contributed by atoms with Crippen molar-refractivity contribution in [2.45, 2.75) is 40.2 Å². The maximum atomic E-state index is 14.1. The summed E-state index contributed by atoms with van der Waals surface area (Å²) in [5.74, 6) is -0.282. The second-order valence-electron chi connectivity index (χ2n) is 11.1. The van der Waals surface area contributed by atoms with E-state index in [2.05, 4.69) is 10.6 Å². The Morgan fingerprint density at radius 1 is 0.776 bits per heavy atom. The second-order valence-corrected chi connectivity index (χ2v) is 13.4. The molecule has 2 N–H and O–H groups in total. The van der Waals surface area contributed by atoms with E-state index in [4.69, 9.17) is 4.74 Å². The molecule has 0 saturated heterocycles. The van der Waals surface area contributed by atoms with Crippen molar-refractivity contribution in [3.05, 3.63) is 144 Å². The molecule has 0 radical (unpaired) electrons. The number of thioether (sulfide) groups is 1. The molecule has 9 heteroatoms. The standard InChI is InChI=1S/C40H35N3O4S2/c1-3-35(40(46)43-32-17-9-12-20-36(32)49-37-21-13-10-18-33(37)43)48-30-24-22-29(23-25-30)41-39(45)31(42-38(44)27-14-6-5-7-15-27)26-28-16-8-11-19-34(28)47-4-2/h5-26,35H,3-4H2,1-2H3,(H,41,45)(H,42,44)/b31-26-. The van der Waals surface area contributed by atoms with Crippen molar-refractivity contribution in [2.75, 3.05) is 16.8 Å². The molecular weight excluding hydrogens is 651 g/mol. The van der Waals surface area contributed by atoms with Crippen LogP contribution >= 0.6 is 23.5 Å². The Bertz CT molecular complexity index is 1950. The predicted octanol–water partition coefficient (Wildman–Crippen LogP) is 9.20. The summed E-state index contributed by atoms with van der Waals surface area (Å²) in [6.45, 7) is 4.36. The molecule has 49 heavy (non-hydrogen) atoms. The normalized spacial score (nSPS) is 12.7. The molecular formula is C40H35N3O4S2. The number of carbonyl (C=O) groups is 3. The lowest BCUT2D eigenvalue weighted by molar-refractivity contribution is -0.117. The summed E-state index contributed by atoms with van der Waals surface area (Å²) in [5.41, 5.74) is 3.47. The molecule has 1 heterocycles. The van der Waals surface area contributed by atoms with E-state index in [1.807, 2.05) is 110 Å². The van der Waals surface area contributed by atoms with Gasteiger partial charge >= 0.3 is 0 Å². The van der Waals surface area contributed by atoms with Crippen molar-refractivity contribution < 1.29 is 19.1 Å². The van der Waals surface area contributed by atoms with Crippen LogP contribution in [0.25, 0.3) is 6.08 Å². The minimum Gasteiger partial charge on any atom is -0.493 e. The molecule has 1 atom stereocenters. The van der Waals surface area contributed by atoms with E-state index < -0.39 is 11.8 Å². The summed E-state index contributed by atoms with van der Waals surface area (Å²) >= 11 is 3.17. The van der Waals surface area contributed by atoms with Crippen LogP contribution in [0, 0.1) is 0 Å². The summed E-state index contributed by atoms with van der Waals surface area (Å²) in [5, 5.41) is 5.36. The Kier molecular flexibility index (Phi) is 10.8. The number of anilines is 3. The number of rotatable bonds is 11. The average Bonchev–Trinajstić information content (AvgIpc) is 3.14. The Hall–Kier alpha value is -5.25. The van der Waals surface area contributed by atoms with Crippen LogP contribution in [-0.4, -0.2) is 29.6 Å². The molecule has 246 valence electrons. The first-order valence-electron chi connectivity index (χ1n) is 16.0. The zero-order chi connectivity index (χ0) is 34.2. The smallest absolute Gasteiger partial charge is 0.272 e. The maximum absolute atomic E-state index is 14.1. The molecule has 1 aliphatic rings. The Morgan fingerprint density at radius 3 is 2.04 bits per heavy atom. The van der Waals surface area contributed by atoms with Gasteiger partial charge in [0.05, 0.1) is 23.2 Å². The number of nitrogens with one attached hydrogen (secondary N) is 2. The molecule has 6 rings (SSSR count). The van der Waals surface area contributed by atoms with Crippen molar-refractivity contribution in [3.8, 4) is 5.75 Å². The van der Waals surface area contributed by atoms with Crippen molar-refractivity contribution in [3.63, 3.8) is 0 Å². The lowest BCUT2D eigenvalue weighted by Crippen LogP contribution is -2.35. The highest BCUT2D eigenvalue weighted by Crippen LogP contribution is 2.48. The highest BCUT2D eigenvalue weighted by Gasteiger charge is 2.32. The van der Waals surface area contributed by atoms with Gasteiger partial charge in [0, 0.05) is 31.5 Å². The van der Waals surface area contributed by atoms with Gasteiger partial charge < -0.3 is 15.4 Å². The fourth-order valence-electron chi connectivity index (χ4n) is 5.36. The van der Waals surface area contributed by atoms with Gasteiger partial charge in [0.2, 0.25) is 5.91 Å². The lowest BCUT2D eigenvalue weighted by atomic mass is 10.1. The third kappa shape index (κ3) is 7.91. The van der Waals surface area contributed by atoms with Crippen molar-refractivity contribution in [1.29, 1.82) is 0 Å². The van der Waals surface area contributed by atoms with Crippen molar-refractivity contribution >= 4 is 64.4 Å². The third-order valence-electron chi connectivity index (χ3n) is 7.74. The second kappa shape index (κ2) is 15.8. The van der Waals surface area contributed by atoms with Gasteiger partial charge in [-0.3, -0.25) is 19.3 Å². The molecule has 1 unspecified atom stereocenters. The van der Waals surface area contributed by atoms with Crippen LogP contribution in [0.5, 0.6) is 5.75 Å². The molecule has 7 nitrogen and oxygen atoms in total. The van der Waals surface area contributed by atoms with Gasteiger partial charge in [-0.05, 0) is 86.2 Å². The Balaban J connectivity index is 1.20. The summed E-state index contributed by atoms with van der Waals surface area (Å²) in [4.78, 5) is 45.7. The van der Waals surface area contributed by atoms with Crippen LogP contribution in [0.3, 0.4) is 0 Å². The van der Waals surface area contributed by atoms with Gasteiger partial charge in [0.15, 0.2) is 0 Å². The molecule has 0 saturated carbocycles. The molecule has 1 aliphatic heterocycles. The number of hydrogen-bond acceptors (Lipinski definition) is 6. The fourth-order valence-corrected chi connectivity index (χ4v) is 7.41. The van der Waals surface area contributed by atoms with E-state index in [0.717, 1.165) is 26.1 Å². The largest absolute Gasteiger partial charge is 0.493 e. The zero-order valence-electron chi connectivity index (χ0n) is 27.1. The van der Waals surface area contributed by atoms with Crippen LogP contribution in [0.2, 0.25) is 0 Å². The molecule has 0 spiro atoms. The Labute approximate surface area is 294 Å². The maximum Gasteiger partial charge on any atom is 0.272 e. The van der Waals surface area contributed by atoms with Gasteiger partial charge in [-0.1, -0.05) is 79.3 Å². The third-order valence-corrected chi connectivity index (χ3v) is 10.2. The van der Waals surface area contributed by atoms with E-state index >= 15 is 0 Å². The number of carbonyl (C=O) groups excluding carboxylic acids is 3.